The molecule has 1 atom stereocenters. The van der Waals surface area contributed by atoms with E-state index >= 15 is 0 Å². The second kappa shape index (κ2) is 9.24. The summed E-state index contributed by atoms with van der Waals surface area (Å²) in [6.07, 6.45) is 9.33. The summed E-state index contributed by atoms with van der Waals surface area (Å²) in [7, 11) is 0. The van der Waals surface area contributed by atoms with Crippen LogP contribution in [0, 0.1) is 11.8 Å². The fraction of sp³-hybridized carbons (Fsp3) is 0.696. The van der Waals surface area contributed by atoms with Gasteiger partial charge in [-0.15, -0.1) is 0 Å². The van der Waals surface area contributed by atoms with Crippen molar-refractivity contribution in [3.05, 3.63) is 23.9 Å². The van der Waals surface area contributed by atoms with Gasteiger partial charge in [0.15, 0.2) is 0 Å². The average Bonchev–Trinajstić information content (AvgIpc) is 2.75. The molecule has 4 heterocycles. The lowest BCUT2D eigenvalue weighted by molar-refractivity contribution is -0.134. The summed E-state index contributed by atoms with van der Waals surface area (Å²) in [6, 6.07) is 4.04. The van der Waals surface area contributed by atoms with Gasteiger partial charge in [0, 0.05) is 32.3 Å². The number of piperidine rings is 3. The number of rotatable bonds is 5. The Kier molecular flexibility index (Phi) is 6.48. The number of nitrogens with one attached hydrogen (secondary N) is 1. The number of carbonyl (C=O) groups excluding carboxylic acids is 2. The zero-order valence-corrected chi connectivity index (χ0v) is 17.6. The molecule has 3 saturated heterocycles. The van der Waals surface area contributed by atoms with Gasteiger partial charge in [0.2, 0.25) is 11.8 Å². The van der Waals surface area contributed by atoms with Crippen LogP contribution in [0.3, 0.4) is 0 Å². The van der Waals surface area contributed by atoms with Crippen LogP contribution in [0.1, 0.15) is 63.4 Å². The third-order valence-electron chi connectivity index (χ3n) is 7.15. The fourth-order valence-corrected chi connectivity index (χ4v) is 5.09. The summed E-state index contributed by atoms with van der Waals surface area (Å²) in [5.41, 5.74) is 0.907. The van der Waals surface area contributed by atoms with Crippen LogP contribution in [0.2, 0.25) is 0 Å². The molecule has 29 heavy (non-hydrogen) atoms. The van der Waals surface area contributed by atoms with Gasteiger partial charge < -0.3 is 9.80 Å². The Hall–Kier alpha value is -1.95. The van der Waals surface area contributed by atoms with E-state index in [-0.39, 0.29) is 17.7 Å². The van der Waals surface area contributed by atoms with Crippen molar-refractivity contribution in [3.63, 3.8) is 0 Å². The van der Waals surface area contributed by atoms with Crippen LogP contribution in [-0.4, -0.2) is 54.4 Å². The second-order valence-corrected chi connectivity index (χ2v) is 9.04. The molecule has 0 radical (unpaired) electrons. The molecule has 2 amide bonds. The lowest BCUT2D eigenvalue weighted by Gasteiger charge is -2.38. The molecule has 6 heteroatoms. The van der Waals surface area contributed by atoms with Gasteiger partial charge in [0.25, 0.3) is 0 Å². The maximum Gasteiger partial charge on any atom is 0.234 e. The van der Waals surface area contributed by atoms with Crippen molar-refractivity contribution in [2.45, 2.75) is 57.8 Å². The molecule has 3 aliphatic heterocycles. The lowest BCUT2D eigenvalue weighted by Crippen LogP contribution is -2.41. The highest BCUT2D eigenvalue weighted by molar-refractivity contribution is 6.00. The van der Waals surface area contributed by atoms with Crippen molar-refractivity contribution in [2.75, 3.05) is 37.6 Å². The number of amides is 2. The van der Waals surface area contributed by atoms with Gasteiger partial charge in [-0.1, -0.05) is 19.4 Å². The van der Waals surface area contributed by atoms with Gasteiger partial charge in [-0.05, 0) is 68.7 Å². The van der Waals surface area contributed by atoms with E-state index in [1.54, 1.807) is 0 Å². The molecule has 0 aromatic carbocycles. The molecule has 0 aliphatic carbocycles. The Labute approximate surface area is 174 Å². The highest BCUT2D eigenvalue weighted by atomic mass is 16.2. The van der Waals surface area contributed by atoms with Crippen LogP contribution in [-0.2, 0) is 9.59 Å². The predicted octanol–water partition coefficient (Wildman–Crippen LogP) is 2.94. The normalized spacial score (nSPS) is 25.3. The minimum absolute atomic E-state index is 0.173. The van der Waals surface area contributed by atoms with Crippen molar-refractivity contribution in [1.82, 2.24) is 15.2 Å². The Morgan fingerprint density at radius 1 is 1.00 bits per heavy atom. The van der Waals surface area contributed by atoms with Crippen LogP contribution in [0.5, 0.6) is 0 Å². The summed E-state index contributed by atoms with van der Waals surface area (Å²) in [6.45, 7) is 8.25. The summed E-state index contributed by atoms with van der Waals surface area (Å²) in [4.78, 5) is 33.1. The zero-order chi connectivity index (χ0) is 20.2. The number of hydrogen-bond donors (Lipinski definition) is 1. The topological polar surface area (TPSA) is 65.5 Å². The number of anilines is 1. The van der Waals surface area contributed by atoms with E-state index in [0.717, 1.165) is 36.3 Å². The molecule has 1 unspecified atom stereocenters. The van der Waals surface area contributed by atoms with E-state index in [9.17, 15) is 9.59 Å². The van der Waals surface area contributed by atoms with E-state index in [2.05, 4.69) is 27.0 Å². The quantitative estimate of drug-likeness (QED) is 0.773. The van der Waals surface area contributed by atoms with Crippen LogP contribution >= 0.6 is 0 Å². The Morgan fingerprint density at radius 3 is 2.34 bits per heavy atom. The van der Waals surface area contributed by atoms with Gasteiger partial charge in [-0.25, -0.2) is 4.98 Å². The first-order chi connectivity index (χ1) is 14.1. The number of pyridine rings is 1. The number of imide groups is 1. The van der Waals surface area contributed by atoms with Crippen LogP contribution in [0.25, 0.3) is 0 Å². The number of hydrogen-bond acceptors (Lipinski definition) is 5. The highest BCUT2D eigenvalue weighted by Crippen LogP contribution is 2.28. The Bertz CT molecular complexity index is 704. The minimum Gasteiger partial charge on any atom is -0.357 e. The van der Waals surface area contributed by atoms with Gasteiger partial charge in [0.1, 0.15) is 5.82 Å². The van der Waals surface area contributed by atoms with Crippen LogP contribution in [0.4, 0.5) is 5.82 Å². The third kappa shape index (κ3) is 4.97. The van der Waals surface area contributed by atoms with Crippen molar-refractivity contribution in [3.8, 4) is 0 Å². The zero-order valence-electron chi connectivity index (χ0n) is 17.6. The molecule has 1 aromatic rings. The minimum atomic E-state index is -0.253. The Morgan fingerprint density at radius 2 is 1.72 bits per heavy atom. The van der Waals surface area contributed by atoms with Crippen LogP contribution in [0.15, 0.2) is 18.3 Å². The van der Waals surface area contributed by atoms with Crippen molar-refractivity contribution in [1.29, 1.82) is 0 Å². The van der Waals surface area contributed by atoms with E-state index in [1.807, 2.05) is 18.3 Å². The molecule has 6 nitrogen and oxygen atoms in total. The summed E-state index contributed by atoms with van der Waals surface area (Å²) in [5, 5.41) is 2.43. The van der Waals surface area contributed by atoms with Crippen LogP contribution < -0.4 is 10.2 Å². The lowest BCUT2D eigenvalue weighted by atomic mass is 9.91. The number of carbonyl (C=O) groups is 2. The van der Waals surface area contributed by atoms with Crippen molar-refractivity contribution in [2.24, 2.45) is 11.8 Å². The molecule has 0 spiro atoms. The number of likely N-dealkylation sites (tertiary alicyclic amines) is 1. The smallest absolute Gasteiger partial charge is 0.234 e. The number of aromatic nitrogens is 1. The van der Waals surface area contributed by atoms with Gasteiger partial charge >= 0.3 is 0 Å². The van der Waals surface area contributed by atoms with Crippen molar-refractivity contribution >= 4 is 17.6 Å². The maximum atomic E-state index is 12.1. The molecule has 3 fully saturated rings. The molecule has 158 valence electrons. The molecule has 4 rings (SSSR count). The largest absolute Gasteiger partial charge is 0.357 e. The van der Waals surface area contributed by atoms with E-state index in [4.69, 9.17) is 0 Å². The number of nitrogens with zero attached hydrogens (tertiary/aromatic N) is 3. The summed E-state index contributed by atoms with van der Waals surface area (Å²) in [5.74, 6) is 2.13. The van der Waals surface area contributed by atoms with E-state index in [0.29, 0.717) is 12.8 Å². The van der Waals surface area contributed by atoms with Gasteiger partial charge in [0.05, 0.1) is 5.92 Å². The first-order valence-corrected chi connectivity index (χ1v) is 11.4. The first kappa shape index (κ1) is 20.3. The predicted molar refractivity (Wildman–Crippen MR) is 114 cm³/mol. The monoisotopic (exact) mass is 398 g/mol. The highest BCUT2D eigenvalue weighted by Gasteiger charge is 2.29. The molecular weight excluding hydrogens is 364 g/mol. The van der Waals surface area contributed by atoms with Gasteiger partial charge in [-0.3, -0.25) is 14.9 Å². The standard InChI is InChI=1S/C23H34N4O2/c1-2-17-7-11-26(12-8-17)16-18-9-13-27(14-10-18)21-5-3-19(15-24-21)20-4-6-22(28)25-23(20)29/h3,5,15,17-18,20H,2,4,6-14,16H2,1H3,(H,25,28,29). The molecule has 0 saturated carbocycles. The molecule has 0 bridgehead atoms. The molecule has 3 aliphatic rings. The first-order valence-electron chi connectivity index (χ1n) is 11.4. The summed E-state index contributed by atoms with van der Waals surface area (Å²) >= 11 is 0. The van der Waals surface area contributed by atoms with Crippen molar-refractivity contribution < 1.29 is 9.59 Å². The molecule has 1 N–H and O–H groups in total. The second-order valence-electron chi connectivity index (χ2n) is 9.04. The summed E-state index contributed by atoms with van der Waals surface area (Å²) < 4.78 is 0. The van der Waals surface area contributed by atoms with E-state index < -0.39 is 0 Å². The third-order valence-corrected chi connectivity index (χ3v) is 7.15. The fourth-order valence-electron chi connectivity index (χ4n) is 5.09. The molecular formula is C23H34N4O2. The SMILES string of the molecule is CCC1CCN(CC2CCN(c3ccc(C4CCC(=O)NC4=O)cn3)CC2)CC1. The Balaban J connectivity index is 1.26. The average molecular weight is 399 g/mol. The van der Waals surface area contributed by atoms with Gasteiger partial charge in [-0.2, -0.15) is 0 Å². The van der Waals surface area contributed by atoms with E-state index in [1.165, 1.54) is 51.7 Å². The molecule has 1 aromatic heterocycles. The maximum absolute atomic E-state index is 12.1.